The second kappa shape index (κ2) is 13.0. The third-order valence-corrected chi connectivity index (χ3v) is 8.22. The summed E-state index contributed by atoms with van der Waals surface area (Å²) in [6.07, 6.45) is 5.28. The molecule has 0 amide bonds. The molecule has 0 aliphatic rings. The third kappa shape index (κ3) is 7.63. The topological polar surface area (TPSA) is 37.3 Å². The van der Waals surface area contributed by atoms with Crippen LogP contribution in [-0.4, -0.2) is 28.5 Å². The molecule has 0 aliphatic heterocycles. The summed E-state index contributed by atoms with van der Waals surface area (Å²) in [4.78, 5) is 14.6. The summed E-state index contributed by atoms with van der Waals surface area (Å²) in [5, 5.41) is 15.3. The molecule has 1 N–H and O–H groups in total. The number of carbonyl (C=O) groups excluding carboxylic acids is 1. The highest BCUT2D eigenvalue weighted by atomic mass is 32.2. The first-order valence-corrected chi connectivity index (χ1v) is 14.1. The lowest BCUT2D eigenvalue weighted by Crippen LogP contribution is -2.09. The number of hydrogen-bond acceptors (Lipinski definition) is 4. The fourth-order valence-electron chi connectivity index (χ4n) is 4.08. The van der Waals surface area contributed by atoms with Crippen LogP contribution >= 0.6 is 23.5 Å². The van der Waals surface area contributed by atoms with Gasteiger partial charge < -0.3 is 5.11 Å². The van der Waals surface area contributed by atoms with E-state index < -0.39 is 0 Å². The minimum atomic E-state index is -0.281. The van der Waals surface area contributed by atoms with Crippen LogP contribution in [0.1, 0.15) is 38.5 Å². The Balaban J connectivity index is 1.05. The summed E-state index contributed by atoms with van der Waals surface area (Å²) in [6, 6.07) is 29.5. The molecule has 0 saturated carbocycles. The van der Waals surface area contributed by atoms with E-state index in [2.05, 4.69) is 72.8 Å². The third-order valence-electron chi connectivity index (χ3n) is 6.03. The van der Waals surface area contributed by atoms with Gasteiger partial charge in [-0.2, -0.15) is 0 Å². The van der Waals surface area contributed by atoms with Crippen molar-refractivity contribution in [1.82, 2.24) is 0 Å². The number of ketones is 1. The molecule has 4 aromatic carbocycles. The van der Waals surface area contributed by atoms with E-state index in [1.54, 1.807) is 23.5 Å². The molecule has 0 spiro atoms. The number of aliphatic hydroxyl groups excluding tert-OH is 1. The largest absolute Gasteiger partial charge is 0.392 e. The highest BCUT2D eigenvalue weighted by molar-refractivity contribution is 8.00. The zero-order chi connectivity index (χ0) is 23.6. The predicted molar refractivity (Wildman–Crippen MR) is 148 cm³/mol. The summed E-state index contributed by atoms with van der Waals surface area (Å²) < 4.78 is 0. The standard InChI is InChI=1S/C30H32O2S2/c31-27(21-33-29-17-15-23-9-5-7-11-25(23)19-29)13-3-1-2-4-14-28(32)22-34-30-18-16-24-10-6-8-12-26(24)20-30/h5-12,15-20,27,31H,1-4,13-14,21-22H2/t27-/m1/s1. The van der Waals surface area contributed by atoms with Gasteiger partial charge in [0, 0.05) is 22.0 Å². The van der Waals surface area contributed by atoms with Gasteiger partial charge in [-0.25, -0.2) is 0 Å². The van der Waals surface area contributed by atoms with E-state index in [1.807, 2.05) is 12.1 Å². The first-order chi connectivity index (χ1) is 16.7. The van der Waals surface area contributed by atoms with Crippen LogP contribution < -0.4 is 0 Å². The highest BCUT2D eigenvalue weighted by Gasteiger charge is 2.07. The monoisotopic (exact) mass is 488 g/mol. The molecule has 1 atom stereocenters. The lowest BCUT2D eigenvalue weighted by molar-refractivity contribution is -0.116. The highest BCUT2D eigenvalue weighted by Crippen LogP contribution is 2.26. The second-order valence-corrected chi connectivity index (χ2v) is 10.9. The van der Waals surface area contributed by atoms with Crippen molar-refractivity contribution in [3.63, 3.8) is 0 Å². The van der Waals surface area contributed by atoms with Crippen LogP contribution in [0.15, 0.2) is 94.7 Å². The van der Waals surface area contributed by atoms with Gasteiger partial charge in [0.1, 0.15) is 5.78 Å². The van der Waals surface area contributed by atoms with Gasteiger partial charge in [0.25, 0.3) is 0 Å². The molecule has 4 heteroatoms. The maximum Gasteiger partial charge on any atom is 0.143 e. The Bertz CT molecular complexity index is 1220. The van der Waals surface area contributed by atoms with Crippen molar-refractivity contribution in [1.29, 1.82) is 0 Å². The molecule has 4 rings (SSSR count). The molecule has 4 aromatic rings. The van der Waals surface area contributed by atoms with Gasteiger partial charge >= 0.3 is 0 Å². The van der Waals surface area contributed by atoms with E-state index in [1.165, 1.54) is 26.4 Å². The van der Waals surface area contributed by atoms with Crippen LogP contribution in [0.4, 0.5) is 0 Å². The van der Waals surface area contributed by atoms with Crippen molar-refractivity contribution in [2.24, 2.45) is 0 Å². The molecule has 0 saturated heterocycles. The van der Waals surface area contributed by atoms with Gasteiger partial charge in [-0.1, -0.05) is 79.9 Å². The maximum absolute atomic E-state index is 12.3. The number of aliphatic hydroxyl groups is 1. The molecule has 0 unspecified atom stereocenters. The lowest BCUT2D eigenvalue weighted by Gasteiger charge is -2.10. The molecule has 0 aromatic heterocycles. The SMILES string of the molecule is O=C(CCCCCC[C@@H](O)CSc1ccc2ccccc2c1)CSc1ccc2ccccc2c1. The number of unbranched alkanes of at least 4 members (excludes halogenated alkanes) is 3. The van der Waals surface area contributed by atoms with Crippen molar-refractivity contribution < 1.29 is 9.90 Å². The van der Waals surface area contributed by atoms with E-state index in [9.17, 15) is 9.90 Å². The first kappa shape index (κ1) is 24.8. The predicted octanol–water partition coefficient (Wildman–Crippen LogP) is 8.15. The van der Waals surface area contributed by atoms with Gasteiger partial charge in [-0.15, -0.1) is 23.5 Å². The van der Waals surface area contributed by atoms with Crippen LogP contribution in [0, 0.1) is 0 Å². The first-order valence-electron chi connectivity index (χ1n) is 12.1. The molecule has 0 heterocycles. The lowest BCUT2D eigenvalue weighted by atomic mass is 10.1. The van der Waals surface area contributed by atoms with Gasteiger partial charge in [0.2, 0.25) is 0 Å². The zero-order valence-electron chi connectivity index (χ0n) is 19.5. The molecule has 0 radical (unpaired) electrons. The van der Waals surface area contributed by atoms with Crippen LogP contribution in [0.2, 0.25) is 0 Å². The van der Waals surface area contributed by atoms with E-state index in [0.717, 1.165) is 42.8 Å². The molecule has 0 bridgehead atoms. The number of benzene rings is 4. The van der Waals surface area contributed by atoms with Gasteiger partial charge in [-0.3, -0.25) is 4.79 Å². The minimum Gasteiger partial charge on any atom is -0.392 e. The Kier molecular flexibility index (Phi) is 9.49. The van der Waals surface area contributed by atoms with Crippen molar-refractivity contribution >= 4 is 50.9 Å². The normalized spacial score (nSPS) is 12.3. The Morgan fingerprint density at radius 2 is 1.24 bits per heavy atom. The van der Waals surface area contributed by atoms with Crippen LogP contribution in [-0.2, 0) is 4.79 Å². The number of hydrogen-bond donors (Lipinski definition) is 1. The van der Waals surface area contributed by atoms with Gasteiger partial charge in [0.05, 0.1) is 11.9 Å². The van der Waals surface area contributed by atoms with E-state index in [4.69, 9.17) is 0 Å². The van der Waals surface area contributed by atoms with Crippen molar-refractivity contribution in [3.05, 3.63) is 84.9 Å². The second-order valence-electron chi connectivity index (χ2n) is 8.76. The Hall–Kier alpha value is -2.27. The van der Waals surface area contributed by atoms with Crippen molar-refractivity contribution in [2.75, 3.05) is 11.5 Å². The van der Waals surface area contributed by atoms with Crippen LogP contribution in [0.3, 0.4) is 0 Å². The molecular formula is C30H32O2S2. The fourth-order valence-corrected chi connectivity index (χ4v) is 5.85. The molecule has 0 fully saturated rings. The number of carbonyl (C=O) groups is 1. The van der Waals surface area contributed by atoms with E-state index >= 15 is 0 Å². The van der Waals surface area contributed by atoms with Crippen molar-refractivity contribution in [2.45, 2.75) is 54.4 Å². The summed E-state index contributed by atoms with van der Waals surface area (Å²) >= 11 is 3.36. The molecule has 0 aliphatic carbocycles. The number of fused-ring (bicyclic) bond motifs is 2. The average Bonchev–Trinajstić information content (AvgIpc) is 2.88. The summed E-state index contributed by atoms with van der Waals surface area (Å²) in [7, 11) is 0. The van der Waals surface area contributed by atoms with E-state index in [-0.39, 0.29) is 6.10 Å². The Morgan fingerprint density at radius 3 is 1.88 bits per heavy atom. The van der Waals surface area contributed by atoms with E-state index in [0.29, 0.717) is 18.0 Å². The van der Waals surface area contributed by atoms with Crippen LogP contribution in [0.25, 0.3) is 21.5 Å². The van der Waals surface area contributed by atoms with Gasteiger partial charge in [0.15, 0.2) is 0 Å². The number of Topliss-reactive ketones (excluding diaryl/α,β-unsaturated/α-hetero) is 1. The summed E-state index contributed by atoms with van der Waals surface area (Å²) in [5.74, 6) is 1.59. The zero-order valence-corrected chi connectivity index (χ0v) is 21.1. The minimum absolute atomic E-state index is 0.281. The van der Waals surface area contributed by atoms with Crippen LogP contribution in [0.5, 0.6) is 0 Å². The maximum atomic E-state index is 12.3. The molecule has 176 valence electrons. The smallest absolute Gasteiger partial charge is 0.143 e. The molecular weight excluding hydrogens is 456 g/mol. The Morgan fingerprint density at radius 1 is 0.676 bits per heavy atom. The van der Waals surface area contributed by atoms with Crippen molar-refractivity contribution in [3.8, 4) is 0 Å². The number of rotatable bonds is 13. The summed E-state index contributed by atoms with van der Waals surface area (Å²) in [6.45, 7) is 0. The quantitative estimate of drug-likeness (QED) is 0.152. The average molecular weight is 489 g/mol. The Labute approximate surface area is 211 Å². The molecule has 2 nitrogen and oxygen atoms in total. The molecule has 34 heavy (non-hydrogen) atoms. The number of thioether (sulfide) groups is 2. The summed E-state index contributed by atoms with van der Waals surface area (Å²) in [5.41, 5.74) is 0. The van der Waals surface area contributed by atoms with Gasteiger partial charge in [-0.05, 0) is 58.7 Å². The fraction of sp³-hybridized carbons (Fsp3) is 0.300.